The lowest BCUT2D eigenvalue weighted by Crippen LogP contribution is -2.16. The molecule has 0 radical (unpaired) electrons. The van der Waals surface area contributed by atoms with Crippen molar-refractivity contribution in [1.29, 1.82) is 0 Å². The molecule has 0 aliphatic carbocycles. The summed E-state index contributed by atoms with van der Waals surface area (Å²) in [6.07, 6.45) is 2.10. The predicted molar refractivity (Wildman–Crippen MR) is 84.7 cm³/mol. The van der Waals surface area contributed by atoms with Crippen molar-refractivity contribution in [3.63, 3.8) is 0 Å². The van der Waals surface area contributed by atoms with E-state index < -0.39 is 0 Å². The standard InChI is InChI=1S/C15H17N5O3/c16-15-18-13-12(14(21)19-15)17-10-20(13)23-8-4-7-22-9-11-5-2-1-3-6-11/h1-3,5-6,10H,4,7-9H2,(H3,16,18,19,21). The fourth-order valence-corrected chi connectivity index (χ4v) is 2.09. The number of nitrogens with one attached hydrogen (secondary N) is 1. The van der Waals surface area contributed by atoms with Crippen LogP contribution in [0.15, 0.2) is 41.5 Å². The zero-order chi connectivity index (χ0) is 16.1. The van der Waals surface area contributed by atoms with E-state index >= 15 is 0 Å². The highest BCUT2D eigenvalue weighted by Gasteiger charge is 2.09. The molecule has 23 heavy (non-hydrogen) atoms. The fraction of sp³-hybridized carbons (Fsp3) is 0.267. The molecule has 0 unspecified atom stereocenters. The van der Waals surface area contributed by atoms with Crippen LogP contribution in [-0.4, -0.2) is 32.9 Å². The van der Waals surface area contributed by atoms with Crippen LogP contribution in [0.4, 0.5) is 5.95 Å². The normalized spacial score (nSPS) is 11.0. The number of nitrogen functional groups attached to an aromatic ring is 1. The maximum absolute atomic E-state index is 11.6. The molecular weight excluding hydrogens is 298 g/mol. The van der Waals surface area contributed by atoms with Crippen molar-refractivity contribution in [3.05, 3.63) is 52.6 Å². The Kier molecular flexibility index (Phi) is 4.53. The van der Waals surface area contributed by atoms with Gasteiger partial charge in [0, 0.05) is 6.42 Å². The van der Waals surface area contributed by atoms with Gasteiger partial charge in [-0.05, 0) is 5.56 Å². The fourth-order valence-electron chi connectivity index (χ4n) is 2.09. The molecule has 1 aromatic carbocycles. The van der Waals surface area contributed by atoms with Gasteiger partial charge in [0.25, 0.3) is 5.56 Å². The first-order valence-corrected chi connectivity index (χ1v) is 7.22. The Balaban J connectivity index is 1.47. The number of fused-ring (bicyclic) bond motifs is 1. The van der Waals surface area contributed by atoms with Crippen LogP contribution in [0.5, 0.6) is 0 Å². The minimum absolute atomic E-state index is 0.0269. The quantitative estimate of drug-likeness (QED) is 0.623. The average molecular weight is 315 g/mol. The predicted octanol–water partition coefficient (Wildman–Crippen LogP) is 0.737. The first kappa shape index (κ1) is 15.0. The summed E-state index contributed by atoms with van der Waals surface area (Å²) >= 11 is 0. The molecule has 0 aliphatic heterocycles. The second-order valence-electron chi connectivity index (χ2n) is 4.92. The molecule has 8 nitrogen and oxygen atoms in total. The maximum Gasteiger partial charge on any atom is 0.280 e. The molecule has 0 bridgehead atoms. The van der Waals surface area contributed by atoms with E-state index in [2.05, 4.69) is 15.0 Å². The largest absolute Gasteiger partial charge is 0.411 e. The molecule has 8 heteroatoms. The van der Waals surface area contributed by atoms with Gasteiger partial charge < -0.3 is 15.3 Å². The number of nitrogens with two attached hydrogens (primary N) is 1. The van der Waals surface area contributed by atoms with E-state index in [1.165, 1.54) is 11.1 Å². The summed E-state index contributed by atoms with van der Waals surface area (Å²) in [4.78, 5) is 27.5. The Morgan fingerprint density at radius 2 is 2.04 bits per heavy atom. The van der Waals surface area contributed by atoms with Gasteiger partial charge in [0.15, 0.2) is 5.52 Å². The minimum Gasteiger partial charge on any atom is -0.411 e. The van der Waals surface area contributed by atoms with Crippen LogP contribution in [0, 0.1) is 0 Å². The van der Waals surface area contributed by atoms with E-state index in [9.17, 15) is 4.79 Å². The molecule has 3 N–H and O–H groups in total. The molecule has 3 aromatic rings. The van der Waals surface area contributed by atoms with E-state index in [0.29, 0.717) is 31.9 Å². The first-order valence-electron chi connectivity index (χ1n) is 7.22. The number of aromatic nitrogens is 4. The number of imidazole rings is 1. The Morgan fingerprint density at radius 1 is 1.22 bits per heavy atom. The number of H-pyrrole nitrogens is 1. The lowest BCUT2D eigenvalue weighted by Gasteiger charge is -2.07. The Morgan fingerprint density at radius 3 is 2.87 bits per heavy atom. The molecule has 0 atom stereocenters. The lowest BCUT2D eigenvalue weighted by molar-refractivity contribution is 0.0697. The zero-order valence-electron chi connectivity index (χ0n) is 12.4. The summed E-state index contributed by atoms with van der Waals surface area (Å²) in [5, 5.41) is 0. The van der Waals surface area contributed by atoms with Crippen LogP contribution in [0.3, 0.4) is 0 Å². The van der Waals surface area contributed by atoms with Crippen molar-refractivity contribution in [2.24, 2.45) is 0 Å². The number of aromatic amines is 1. The van der Waals surface area contributed by atoms with Gasteiger partial charge in [-0.2, -0.15) is 9.71 Å². The number of hydrogen-bond acceptors (Lipinski definition) is 6. The highest BCUT2D eigenvalue weighted by atomic mass is 16.7. The van der Waals surface area contributed by atoms with Crippen molar-refractivity contribution in [1.82, 2.24) is 19.7 Å². The molecule has 0 spiro atoms. The van der Waals surface area contributed by atoms with E-state index in [0.717, 1.165) is 5.56 Å². The third-order valence-corrected chi connectivity index (χ3v) is 3.17. The molecule has 3 rings (SSSR count). The lowest BCUT2D eigenvalue weighted by atomic mass is 10.2. The number of benzene rings is 1. The summed E-state index contributed by atoms with van der Waals surface area (Å²) in [6, 6.07) is 9.96. The Labute approximate surface area is 131 Å². The molecule has 2 aromatic heterocycles. The number of rotatable bonds is 7. The summed E-state index contributed by atoms with van der Waals surface area (Å²) < 4.78 is 6.91. The van der Waals surface area contributed by atoms with Gasteiger partial charge in [-0.3, -0.25) is 9.78 Å². The molecule has 0 saturated carbocycles. The van der Waals surface area contributed by atoms with Gasteiger partial charge >= 0.3 is 0 Å². The van der Waals surface area contributed by atoms with Crippen LogP contribution in [0.2, 0.25) is 0 Å². The summed E-state index contributed by atoms with van der Waals surface area (Å²) in [5.74, 6) is 0.0269. The van der Waals surface area contributed by atoms with Gasteiger partial charge in [0.1, 0.15) is 12.9 Å². The average Bonchev–Trinajstić information content (AvgIpc) is 2.95. The van der Waals surface area contributed by atoms with Crippen LogP contribution in [0.1, 0.15) is 12.0 Å². The third kappa shape index (κ3) is 3.67. The van der Waals surface area contributed by atoms with E-state index in [-0.39, 0.29) is 17.0 Å². The van der Waals surface area contributed by atoms with Gasteiger partial charge in [0.05, 0.1) is 13.2 Å². The third-order valence-electron chi connectivity index (χ3n) is 3.17. The first-order chi connectivity index (χ1) is 11.2. The molecule has 120 valence electrons. The van der Waals surface area contributed by atoms with E-state index in [1.807, 2.05) is 30.3 Å². The smallest absolute Gasteiger partial charge is 0.280 e. The van der Waals surface area contributed by atoms with Crippen LogP contribution in [0.25, 0.3) is 11.2 Å². The second kappa shape index (κ2) is 6.93. The van der Waals surface area contributed by atoms with Crippen molar-refractivity contribution in [2.45, 2.75) is 13.0 Å². The minimum atomic E-state index is -0.388. The Hall–Kier alpha value is -2.87. The number of hydrogen-bond donors (Lipinski definition) is 2. The SMILES string of the molecule is Nc1nc2c(ncn2OCCCOCc2ccccc2)c(=O)[nH]1. The highest BCUT2D eigenvalue weighted by molar-refractivity contribution is 5.69. The van der Waals surface area contributed by atoms with Crippen molar-refractivity contribution in [3.8, 4) is 0 Å². The van der Waals surface area contributed by atoms with Crippen molar-refractivity contribution < 1.29 is 9.57 Å². The van der Waals surface area contributed by atoms with Gasteiger partial charge in [-0.25, -0.2) is 4.98 Å². The maximum atomic E-state index is 11.6. The molecule has 2 heterocycles. The molecular formula is C15H17N5O3. The van der Waals surface area contributed by atoms with Crippen LogP contribution >= 0.6 is 0 Å². The molecule has 0 amide bonds. The van der Waals surface area contributed by atoms with Gasteiger partial charge in [-0.1, -0.05) is 30.3 Å². The van der Waals surface area contributed by atoms with E-state index in [1.54, 1.807) is 0 Å². The van der Waals surface area contributed by atoms with Crippen LogP contribution < -0.4 is 16.1 Å². The molecule has 0 saturated heterocycles. The van der Waals surface area contributed by atoms with Gasteiger partial charge in [0.2, 0.25) is 11.6 Å². The van der Waals surface area contributed by atoms with Gasteiger partial charge in [-0.15, -0.1) is 0 Å². The monoisotopic (exact) mass is 315 g/mol. The highest BCUT2D eigenvalue weighted by Crippen LogP contribution is 2.05. The number of anilines is 1. The van der Waals surface area contributed by atoms with Crippen molar-refractivity contribution in [2.75, 3.05) is 18.9 Å². The van der Waals surface area contributed by atoms with Crippen LogP contribution in [-0.2, 0) is 11.3 Å². The van der Waals surface area contributed by atoms with Crippen molar-refractivity contribution >= 4 is 17.1 Å². The van der Waals surface area contributed by atoms with E-state index in [4.69, 9.17) is 15.3 Å². The summed E-state index contributed by atoms with van der Waals surface area (Å²) in [6.45, 7) is 1.55. The summed E-state index contributed by atoms with van der Waals surface area (Å²) in [5.41, 5.74) is 6.76. The number of ether oxygens (including phenoxy) is 1. The molecule has 0 fully saturated rings. The summed E-state index contributed by atoms with van der Waals surface area (Å²) in [7, 11) is 0. The number of nitrogens with zero attached hydrogens (tertiary/aromatic N) is 3. The Bertz CT molecular complexity index is 828. The zero-order valence-corrected chi connectivity index (χ0v) is 12.4. The second-order valence-corrected chi connectivity index (χ2v) is 4.92. The molecule has 0 aliphatic rings. The topological polar surface area (TPSA) is 108 Å².